The predicted octanol–water partition coefficient (Wildman–Crippen LogP) is -7.11. The Morgan fingerprint density at radius 3 is 1.30 bits per heavy atom. The van der Waals surface area contributed by atoms with Crippen molar-refractivity contribution in [3.63, 3.8) is 0 Å². The second-order valence-electron chi connectivity index (χ2n) is 15.0. The van der Waals surface area contributed by atoms with Crippen LogP contribution in [0.5, 0.6) is 23.0 Å². The summed E-state index contributed by atoms with van der Waals surface area (Å²) in [5.74, 6) is -1.46. The van der Waals surface area contributed by atoms with Crippen molar-refractivity contribution in [1.82, 2.24) is 20.4 Å². The Morgan fingerprint density at radius 2 is 1.00 bits per heavy atom. The van der Waals surface area contributed by atoms with Gasteiger partial charge in [-0.1, -0.05) is 24.8 Å². The van der Waals surface area contributed by atoms with Gasteiger partial charge in [0.25, 0.3) is 0 Å². The van der Waals surface area contributed by atoms with E-state index in [1.807, 2.05) is 0 Å². The minimum Gasteiger partial charge on any atom is -0.669 e. The average molecular weight is 800 g/mol. The number of carboxylic acid groups (broad SMARTS) is 2. The second-order valence-corrected chi connectivity index (χ2v) is 15.0. The van der Waals surface area contributed by atoms with Crippen molar-refractivity contribution in [3.05, 3.63) is 46.5 Å². The Hall–Kier alpha value is -2.59. The van der Waals surface area contributed by atoms with E-state index in [0.29, 0.717) is 74.8 Å². The average Bonchev–Trinajstić information content (AvgIpc) is 3.02. The summed E-state index contributed by atoms with van der Waals surface area (Å²) < 4.78 is 21.9. The molecule has 22 heteroatoms. The first kappa shape index (κ1) is 44.5. The molecule has 0 radical (unpaired) electrons. The van der Waals surface area contributed by atoms with E-state index >= 15 is 0 Å². The normalized spacial score (nSPS) is 20.7. The number of hydrogen-bond acceptors (Lipinski definition) is 14. The molecule has 2 amide bonds. The first-order valence-electron chi connectivity index (χ1n) is 18.3. The largest absolute Gasteiger partial charge is 1.00 e. The van der Waals surface area contributed by atoms with Gasteiger partial charge in [0, 0.05) is 12.8 Å². The van der Waals surface area contributed by atoms with Crippen LogP contribution in [0.15, 0.2) is 24.3 Å². The number of aryl methyl sites for hydroxylation is 2. The number of hydrogen-bond donors (Lipinski definition) is 8. The van der Waals surface area contributed by atoms with Crippen LogP contribution in [-0.4, -0.2) is 142 Å². The Balaban J connectivity index is 0.000000207. The molecule has 4 fully saturated rings. The fourth-order valence-electron chi connectivity index (χ4n) is 7.19. The summed E-state index contributed by atoms with van der Waals surface area (Å²) in [5.41, 5.74) is 0.762. The fraction of sp³-hybridized carbons (Fsp3) is 0.529. The van der Waals surface area contributed by atoms with E-state index in [4.69, 9.17) is 18.8 Å². The summed E-state index contributed by atoms with van der Waals surface area (Å²) in [6, 6.07) is 6.47. The first-order chi connectivity index (χ1) is 25.6. The van der Waals surface area contributed by atoms with E-state index in [-0.39, 0.29) is 130 Å². The molecule has 0 atom stereocenters. The Bertz CT molecular complexity index is 1690. The van der Waals surface area contributed by atoms with Crippen LogP contribution in [0.3, 0.4) is 0 Å². The van der Waals surface area contributed by atoms with Crippen LogP contribution >= 0.6 is 0 Å². The summed E-state index contributed by atoms with van der Waals surface area (Å²) in [7, 11) is 0. The Labute approximate surface area is 366 Å². The summed E-state index contributed by atoms with van der Waals surface area (Å²) in [4.78, 5) is 51.2. The first-order valence-corrected chi connectivity index (χ1v) is 18.3. The third-order valence-corrected chi connectivity index (χ3v) is 10.7. The number of amides is 2. The molecule has 56 heavy (non-hydrogen) atoms. The maximum absolute atomic E-state index is 12.1. The zero-order valence-corrected chi connectivity index (χ0v) is 35.5. The molecule has 0 aliphatic carbocycles. The Kier molecular flexibility index (Phi) is 14.4. The third kappa shape index (κ3) is 10.2. The van der Waals surface area contributed by atoms with Crippen molar-refractivity contribution >= 4 is 37.3 Å². The van der Waals surface area contributed by atoms with Crippen molar-refractivity contribution in [2.75, 3.05) is 52.4 Å². The molecular weight excluding hydrogens is 756 g/mol. The zero-order valence-electron chi connectivity index (χ0n) is 31.5. The molecule has 292 valence electrons. The van der Waals surface area contributed by atoms with Crippen molar-refractivity contribution < 1.29 is 127 Å². The van der Waals surface area contributed by atoms with Gasteiger partial charge in [0.05, 0.1) is 37.7 Å². The molecule has 8 N–H and O–H groups in total. The zero-order chi connectivity index (χ0) is 38.4. The van der Waals surface area contributed by atoms with Gasteiger partial charge in [-0.3, -0.25) is 9.59 Å². The van der Waals surface area contributed by atoms with Crippen LogP contribution in [0.4, 0.5) is 0 Å². The standard InChI is InChI=1S/2C17H22BN2O7.2Na/c2*21-14(5-10-6-19-7-10)20-8-12(9-20)26-13-2-1-11-3-4-18(24,25)27-16(11)15(13)17(22)23;;/h2*1-2,10,12,19,24-25H,3-9H2,(H,22,23);;/q2*-1;2*+1. The van der Waals surface area contributed by atoms with Gasteiger partial charge in [-0.15, -0.1) is 0 Å². The molecule has 8 rings (SSSR count). The van der Waals surface area contributed by atoms with Crippen LogP contribution < -0.4 is 88.5 Å². The number of carbonyl (C=O) groups excluding carboxylic acids is 2. The predicted molar refractivity (Wildman–Crippen MR) is 189 cm³/mol. The van der Waals surface area contributed by atoms with E-state index in [2.05, 4.69) is 10.6 Å². The third-order valence-electron chi connectivity index (χ3n) is 10.7. The van der Waals surface area contributed by atoms with Gasteiger partial charge in [-0.05, 0) is 74.1 Å². The van der Waals surface area contributed by atoms with Crippen LogP contribution in [0, 0.1) is 11.8 Å². The summed E-state index contributed by atoms with van der Waals surface area (Å²) >= 11 is 0. The molecule has 2 aromatic rings. The molecular formula is C34H44B2N4Na2O14. The van der Waals surface area contributed by atoms with E-state index in [1.54, 1.807) is 34.1 Å². The number of aromatic carboxylic acids is 2. The van der Waals surface area contributed by atoms with Gasteiger partial charge in [0.2, 0.25) is 11.8 Å². The van der Waals surface area contributed by atoms with E-state index < -0.39 is 25.4 Å². The van der Waals surface area contributed by atoms with Gasteiger partial charge in [-0.2, -0.15) is 0 Å². The van der Waals surface area contributed by atoms with Crippen LogP contribution in [-0.2, 0) is 22.4 Å². The molecule has 6 aliphatic heterocycles. The number of fused-ring (bicyclic) bond motifs is 2. The molecule has 6 aliphatic rings. The molecule has 6 heterocycles. The number of rotatable bonds is 10. The van der Waals surface area contributed by atoms with Gasteiger partial charge >= 0.3 is 84.6 Å². The van der Waals surface area contributed by atoms with Gasteiger partial charge < -0.3 is 69.5 Å². The second kappa shape index (κ2) is 18.1. The number of benzene rings is 2. The maximum Gasteiger partial charge on any atom is 1.00 e. The number of nitrogens with zero attached hydrogens (tertiary/aromatic N) is 2. The van der Waals surface area contributed by atoms with Crippen LogP contribution in [0.1, 0.15) is 44.7 Å². The molecule has 0 spiro atoms. The van der Waals surface area contributed by atoms with Crippen molar-refractivity contribution in [2.24, 2.45) is 11.8 Å². The van der Waals surface area contributed by atoms with Gasteiger partial charge in [0.1, 0.15) is 34.8 Å². The minimum atomic E-state index is -3.07. The van der Waals surface area contributed by atoms with Crippen molar-refractivity contribution in [1.29, 1.82) is 0 Å². The summed E-state index contributed by atoms with van der Waals surface area (Å²) in [6.07, 6.45) is 1.09. The van der Waals surface area contributed by atoms with E-state index in [1.165, 1.54) is 0 Å². The van der Waals surface area contributed by atoms with Gasteiger partial charge in [-0.25, -0.2) is 9.59 Å². The Morgan fingerprint density at radius 1 is 0.643 bits per heavy atom. The van der Waals surface area contributed by atoms with E-state index in [0.717, 1.165) is 26.2 Å². The molecule has 18 nitrogen and oxygen atoms in total. The molecule has 4 saturated heterocycles. The van der Waals surface area contributed by atoms with Gasteiger partial charge in [0.15, 0.2) is 0 Å². The smallest absolute Gasteiger partial charge is 0.669 e. The molecule has 0 aromatic heterocycles. The summed E-state index contributed by atoms with van der Waals surface area (Å²) in [5, 5.41) is 64.5. The molecule has 0 saturated carbocycles. The monoisotopic (exact) mass is 800 g/mol. The van der Waals surface area contributed by atoms with Crippen LogP contribution in [0.2, 0.25) is 12.6 Å². The quantitative estimate of drug-likeness (QED) is 0.104. The molecule has 2 aromatic carbocycles. The van der Waals surface area contributed by atoms with Crippen LogP contribution in [0.25, 0.3) is 0 Å². The molecule has 0 unspecified atom stereocenters. The number of ether oxygens (including phenoxy) is 2. The number of carboxylic acids is 2. The molecule has 0 bridgehead atoms. The minimum absolute atomic E-state index is 0. The maximum atomic E-state index is 12.1. The van der Waals surface area contributed by atoms with Crippen molar-refractivity contribution in [3.8, 4) is 23.0 Å². The number of nitrogens with one attached hydrogen (secondary N) is 2. The number of carbonyl (C=O) groups is 4. The fourth-order valence-corrected chi connectivity index (χ4v) is 7.19. The SMILES string of the molecule is O=C(O)c1c(OC2CN(C(=O)CC3CNC3)C2)ccc2c1O[B-](O)(O)CC2.O=C(O)c1c(OC2CN(C(=O)CC3CNC3)C2)ccc2c1O[B-](O)(O)CC2.[Na+].[Na+]. The summed E-state index contributed by atoms with van der Waals surface area (Å²) in [6.45, 7) is -1.03. The van der Waals surface area contributed by atoms with Crippen molar-refractivity contribution in [2.45, 2.75) is 50.5 Å². The number of likely N-dealkylation sites (tertiary alicyclic amines) is 2. The van der Waals surface area contributed by atoms with E-state index in [9.17, 15) is 49.5 Å². The topological polar surface area (TPSA) is 257 Å².